The van der Waals surface area contributed by atoms with Gasteiger partial charge in [-0.05, 0) is 98.3 Å². The molecular weight excluding hydrogens is 1020 g/mol. The fourth-order valence-electron chi connectivity index (χ4n) is 5.75. The number of esters is 2. The lowest BCUT2D eigenvalue weighted by Crippen LogP contribution is -2.56. The minimum absolute atomic E-state index is 0. The molecule has 75 heavy (non-hydrogen) atoms. The fourth-order valence-corrected chi connectivity index (χ4v) is 11.8. The van der Waals surface area contributed by atoms with Crippen molar-refractivity contribution >= 4 is 76.6 Å². The zero-order valence-electron chi connectivity index (χ0n) is 44.2. The van der Waals surface area contributed by atoms with Crippen molar-refractivity contribution in [1.29, 1.82) is 0 Å². The maximum atomic E-state index is 12.3. The van der Waals surface area contributed by atoms with Gasteiger partial charge < -0.3 is 79.5 Å². The van der Waals surface area contributed by atoms with E-state index in [1.54, 1.807) is 0 Å². The van der Waals surface area contributed by atoms with Crippen LogP contribution in [0, 0.1) is 0 Å². The molecule has 0 saturated heterocycles. The van der Waals surface area contributed by atoms with Crippen LogP contribution in [0.4, 0.5) is 28.8 Å². The first-order valence-corrected chi connectivity index (χ1v) is 30.4. The molecule has 0 fully saturated rings. The Morgan fingerprint density at radius 1 is 0.467 bits per heavy atom. The van der Waals surface area contributed by atoms with Crippen molar-refractivity contribution in [1.82, 2.24) is 42.5 Å². The molecule has 27 nitrogen and oxygen atoms in total. The largest absolute Gasteiger partial charge is 0.450 e. The number of hydrogen-bond acceptors (Lipinski definition) is 20. The van der Waals surface area contributed by atoms with E-state index in [2.05, 4.69) is 115 Å². The first-order chi connectivity index (χ1) is 34.8. The van der Waals surface area contributed by atoms with E-state index in [4.69, 9.17) is 23.4 Å². The Morgan fingerprint density at radius 2 is 0.893 bits per heavy atom. The normalized spacial score (nSPS) is 10.9. The molecule has 0 aliphatic heterocycles. The van der Waals surface area contributed by atoms with Gasteiger partial charge in [0.25, 0.3) is 5.91 Å². The Labute approximate surface area is 442 Å². The van der Waals surface area contributed by atoms with E-state index < -0.39 is 97.6 Å². The van der Waals surface area contributed by atoms with Crippen molar-refractivity contribution in [3.63, 3.8) is 0 Å². The van der Waals surface area contributed by atoms with Crippen LogP contribution in [0.5, 0.6) is 0 Å². The Bertz CT molecular complexity index is 1860. The minimum atomic E-state index is -2.16. The molecule has 0 aliphatic rings. The molecule has 0 aromatic carbocycles. The van der Waals surface area contributed by atoms with Crippen LogP contribution in [0.1, 0.15) is 86.5 Å². The molecule has 430 valence electrons. The number of carbonyl (C=O) groups excluding carboxylic acids is 10. The average molecular weight is 1110 g/mol. The van der Waals surface area contributed by atoms with Gasteiger partial charge in [-0.2, -0.15) is 0 Å². The number of ether oxygens (including phenoxy) is 8. The molecular formula is C46H84N8O19Si2. The highest BCUT2D eigenvalue weighted by Gasteiger charge is 2.43. The van der Waals surface area contributed by atoms with E-state index in [1.807, 2.05) is 0 Å². The second kappa shape index (κ2) is 39.9. The van der Waals surface area contributed by atoms with Gasteiger partial charge in [-0.1, -0.05) is 39.7 Å². The smallest absolute Gasteiger partial charge is 0.411 e. The average Bonchev–Trinajstić information content (AvgIpc) is 3.31. The van der Waals surface area contributed by atoms with Crippen molar-refractivity contribution < 1.29 is 90.3 Å². The van der Waals surface area contributed by atoms with Crippen LogP contribution in [-0.2, 0) is 61.5 Å². The number of carbonyl (C=O) groups is 10. The van der Waals surface area contributed by atoms with Gasteiger partial charge in [0.15, 0.2) is 27.3 Å². The highest BCUT2D eigenvalue weighted by atomic mass is 28.4. The highest BCUT2D eigenvalue weighted by molar-refractivity contribution is 6.81. The summed E-state index contributed by atoms with van der Waals surface area (Å²) in [5, 5.41) is 19.4. The zero-order chi connectivity index (χ0) is 56.0. The molecule has 7 amide bonds. The van der Waals surface area contributed by atoms with Gasteiger partial charge in [-0.25, -0.2) is 38.4 Å². The van der Waals surface area contributed by atoms with Gasteiger partial charge in [0.1, 0.15) is 0 Å². The van der Waals surface area contributed by atoms with E-state index in [0.29, 0.717) is 58.0 Å². The first-order valence-electron chi connectivity index (χ1n) is 24.0. The van der Waals surface area contributed by atoms with Crippen LogP contribution >= 0.6 is 0 Å². The number of unbranched alkanes of at least 4 members (excludes halogenated alkanes) is 3. The Kier molecular flexibility index (Phi) is 37.6. The second-order valence-electron chi connectivity index (χ2n) is 18.2. The molecule has 8 N–H and O–H groups in total. The summed E-state index contributed by atoms with van der Waals surface area (Å²) in [6.45, 7) is 21.6. The van der Waals surface area contributed by atoms with Gasteiger partial charge in [-0.15, -0.1) is 0 Å². The standard InChI is InChI=1S/C45H80N8O19Si2.CH4/c1-33(2)37(56)68-31-70-43(62)51-29-49-36(55)27-67-40(59)48-21-14-11-13-20-47-39(58)64-22-16-24-73(7,8)45(5,6)72-74(9,10)25-17-23-65-41(60)50-28-46-19-15-12-18-35(54)26-66-42(61)52-30-53-44(63)71-32-69-38(57)34(3)4;/h46H,1,3,11-32H2,2,4-10H3,(H,47,58)(H,48,59)(H,49,55)(H,50,60)(H,51,62)(H,52,61)(H,53,63);1H4. The highest BCUT2D eigenvalue weighted by Crippen LogP contribution is 2.33. The summed E-state index contributed by atoms with van der Waals surface area (Å²) in [6, 6.07) is 1.65. The van der Waals surface area contributed by atoms with Crippen molar-refractivity contribution in [3.05, 3.63) is 24.3 Å². The summed E-state index contributed by atoms with van der Waals surface area (Å²) in [5.74, 6) is -2.43. The minimum Gasteiger partial charge on any atom is -0.450 e. The van der Waals surface area contributed by atoms with Gasteiger partial charge in [-0.3, -0.25) is 14.9 Å². The Balaban J connectivity index is 0. The van der Waals surface area contributed by atoms with Crippen LogP contribution < -0.4 is 42.5 Å². The summed E-state index contributed by atoms with van der Waals surface area (Å²) in [7, 11) is -4.13. The first kappa shape index (κ1) is 70.6. The summed E-state index contributed by atoms with van der Waals surface area (Å²) in [5.41, 5.74) is 0.272. The van der Waals surface area contributed by atoms with Crippen molar-refractivity contribution in [2.45, 2.75) is 130 Å². The summed E-state index contributed by atoms with van der Waals surface area (Å²) >= 11 is 0. The number of ketones is 1. The van der Waals surface area contributed by atoms with Crippen molar-refractivity contribution in [2.24, 2.45) is 0 Å². The molecule has 0 aromatic heterocycles. The maximum Gasteiger partial charge on any atom is 0.411 e. The molecule has 0 radical (unpaired) electrons. The van der Waals surface area contributed by atoms with E-state index in [-0.39, 0.29) is 75.8 Å². The van der Waals surface area contributed by atoms with E-state index in [1.165, 1.54) is 13.8 Å². The molecule has 0 saturated carbocycles. The van der Waals surface area contributed by atoms with Gasteiger partial charge in [0.05, 0.1) is 41.3 Å². The lowest BCUT2D eigenvalue weighted by atomic mass is 10.2. The molecule has 0 aliphatic carbocycles. The van der Waals surface area contributed by atoms with Gasteiger partial charge in [0, 0.05) is 35.9 Å². The lowest BCUT2D eigenvalue weighted by molar-refractivity contribution is -0.148. The van der Waals surface area contributed by atoms with Crippen LogP contribution in [0.25, 0.3) is 0 Å². The predicted molar refractivity (Wildman–Crippen MR) is 278 cm³/mol. The van der Waals surface area contributed by atoms with Crippen molar-refractivity contribution in [3.8, 4) is 0 Å². The number of nitrogens with one attached hydrogen (secondary N) is 8. The SMILES string of the molecule is C.C=C(C)C(=O)OCOC(=O)NCNC(=O)COC(=O)NCCCCCNC(=O)OCCC[Si](C)(C)C(C)(C)O[Si](C)(C)CCCOC(=O)NCNCCCCC(=O)COC(=O)NCNC(=O)OCOC(=O)C(=C)C. The molecule has 0 heterocycles. The van der Waals surface area contributed by atoms with E-state index in [0.717, 1.165) is 12.1 Å². The second-order valence-corrected chi connectivity index (χ2v) is 27.9. The molecule has 0 rings (SSSR count). The summed E-state index contributed by atoms with van der Waals surface area (Å²) in [6.07, 6.45) is -0.108. The van der Waals surface area contributed by atoms with E-state index in [9.17, 15) is 47.9 Å². The maximum absolute atomic E-state index is 12.3. The van der Waals surface area contributed by atoms with Crippen molar-refractivity contribution in [2.75, 3.05) is 79.7 Å². The third-order valence-corrected chi connectivity index (χ3v) is 18.2. The number of rotatable bonds is 38. The molecule has 0 atom stereocenters. The lowest BCUT2D eigenvalue weighted by Gasteiger charge is -2.45. The van der Waals surface area contributed by atoms with E-state index >= 15 is 0 Å². The number of hydrogen-bond donors (Lipinski definition) is 8. The number of Topliss-reactive ketones (excluding diaryl/α,β-unsaturated/α-hetero) is 1. The van der Waals surface area contributed by atoms with Crippen LogP contribution in [0.3, 0.4) is 0 Å². The fraction of sp³-hybridized carbons (Fsp3) is 0.696. The van der Waals surface area contributed by atoms with Crippen LogP contribution in [-0.4, -0.2) is 161 Å². The number of alkyl carbamates (subject to hydrolysis) is 6. The third-order valence-electron chi connectivity index (χ3n) is 10.4. The summed E-state index contributed by atoms with van der Waals surface area (Å²) in [4.78, 5) is 117. The topological polar surface area (TPSA) is 350 Å². The van der Waals surface area contributed by atoms with Crippen LogP contribution in [0.2, 0.25) is 38.3 Å². The third kappa shape index (κ3) is 38.7. The summed E-state index contributed by atoms with van der Waals surface area (Å²) < 4.78 is 45.5. The molecule has 0 aromatic rings. The quantitative estimate of drug-likeness (QED) is 0.0104. The monoisotopic (exact) mass is 1110 g/mol. The Hall–Kier alpha value is -6.47. The number of amides is 7. The molecule has 29 heteroatoms. The Morgan fingerprint density at radius 3 is 1.43 bits per heavy atom. The molecule has 0 bridgehead atoms. The molecule has 0 unspecified atom stereocenters. The van der Waals surface area contributed by atoms with Crippen LogP contribution in [0.15, 0.2) is 24.3 Å². The molecule has 0 spiro atoms. The van der Waals surface area contributed by atoms with Gasteiger partial charge in [0.2, 0.25) is 13.6 Å². The predicted octanol–water partition coefficient (Wildman–Crippen LogP) is 4.65. The zero-order valence-corrected chi connectivity index (χ0v) is 46.2. The van der Waals surface area contributed by atoms with Gasteiger partial charge >= 0.3 is 48.5 Å².